The van der Waals surface area contributed by atoms with E-state index in [0.717, 1.165) is 12.8 Å². The Labute approximate surface area is 126 Å². The van der Waals surface area contributed by atoms with Crippen LogP contribution in [0.1, 0.15) is 16.0 Å². The average Bonchev–Trinajstić information content (AvgIpc) is 2.74. The SMILES string of the molecule is Cc1cccc(CC(CCl)Cc2ccc(Br)s2)c1. The number of hydrogen-bond acceptors (Lipinski definition) is 1. The van der Waals surface area contributed by atoms with E-state index in [9.17, 15) is 0 Å². The molecule has 0 bridgehead atoms. The van der Waals surface area contributed by atoms with Crippen LogP contribution in [0.2, 0.25) is 0 Å². The van der Waals surface area contributed by atoms with Crippen LogP contribution in [-0.4, -0.2) is 5.88 Å². The van der Waals surface area contributed by atoms with E-state index in [1.54, 1.807) is 11.3 Å². The molecule has 0 amide bonds. The number of halogens is 2. The molecule has 1 aromatic heterocycles. The number of aryl methyl sites for hydroxylation is 1. The summed E-state index contributed by atoms with van der Waals surface area (Å²) in [6.45, 7) is 2.13. The molecule has 0 N–H and O–H groups in total. The summed E-state index contributed by atoms with van der Waals surface area (Å²) in [4.78, 5) is 1.40. The molecule has 0 radical (unpaired) electrons. The van der Waals surface area contributed by atoms with Crippen LogP contribution in [0.5, 0.6) is 0 Å². The van der Waals surface area contributed by atoms with Crippen LogP contribution in [0.25, 0.3) is 0 Å². The van der Waals surface area contributed by atoms with Gasteiger partial charge in [-0.3, -0.25) is 0 Å². The zero-order chi connectivity index (χ0) is 13.0. The summed E-state index contributed by atoms with van der Waals surface area (Å²) in [5.74, 6) is 1.22. The molecule has 1 aromatic carbocycles. The highest BCUT2D eigenvalue weighted by molar-refractivity contribution is 9.11. The maximum atomic E-state index is 6.11. The molecule has 0 spiro atoms. The number of rotatable bonds is 5. The molecule has 0 nitrogen and oxygen atoms in total. The lowest BCUT2D eigenvalue weighted by Gasteiger charge is -2.13. The number of hydrogen-bond donors (Lipinski definition) is 0. The number of alkyl halides is 1. The molecule has 0 aliphatic rings. The Hall–Kier alpha value is -0.310. The second kappa shape index (κ2) is 6.74. The van der Waals surface area contributed by atoms with Gasteiger partial charge < -0.3 is 0 Å². The predicted molar refractivity (Wildman–Crippen MR) is 84.8 cm³/mol. The monoisotopic (exact) mass is 342 g/mol. The van der Waals surface area contributed by atoms with Gasteiger partial charge >= 0.3 is 0 Å². The molecule has 0 saturated carbocycles. The van der Waals surface area contributed by atoms with Crippen LogP contribution in [0.4, 0.5) is 0 Å². The van der Waals surface area contributed by atoms with Crippen molar-refractivity contribution in [2.45, 2.75) is 19.8 Å². The summed E-state index contributed by atoms with van der Waals surface area (Å²) < 4.78 is 1.20. The predicted octanol–water partition coefficient (Wildman–Crippen LogP) is 5.46. The van der Waals surface area contributed by atoms with Crippen LogP contribution >= 0.6 is 38.9 Å². The largest absolute Gasteiger partial charge is 0.133 e. The van der Waals surface area contributed by atoms with Crippen molar-refractivity contribution in [3.05, 3.63) is 56.2 Å². The van der Waals surface area contributed by atoms with Crippen molar-refractivity contribution >= 4 is 38.9 Å². The van der Waals surface area contributed by atoms with E-state index >= 15 is 0 Å². The molecule has 2 rings (SSSR count). The quantitative estimate of drug-likeness (QED) is 0.632. The third kappa shape index (κ3) is 4.11. The van der Waals surface area contributed by atoms with Crippen molar-refractivity contribution in [2.75, 3.05) is 5.88 Å². The third-order valence-electron chi connectivity index (χ3n) is 2.94. The smallest absolute Gasteiger partial charge is 0.0701 e. The molecule has 2 aromatic rings. The van der Waals surface area contributed by atoms with Gasteiger partial charge in [0.2, 0.25) is 0 Å². The topological polar surface area (TPSA) is 0 Å². The third-order valence-corrected chi connectivity index (χ3v) is 5.03. The van der Waals surface area contributed by atoms with E-state index in [4.69, 9.17) is 11.6 Å². The standard InChI is InChI=1S/C15H16BrClS/c1-11-3-2-4-12(7-11)8-13(10-17)9-14-5-6-15(16)18-14/h2-7,13H,8-10H2,1H3. The highest BCUT2D eigenvalue weighted by atomic mass is 79.9. The van der Waals surface area contributed by atoms with Gasteiger partial charge in [0.05, 0.1) is 3.79 Å². The van der Waals surface area contributed by atoms with Gasteiger partial charge in [0, 0.05) is 10.8 Å². The van der Waals surface area contributed by atoms with Crippen molar-refractivity contribution in [3.8, 4) is 0 Å². The number of thiophene rings is 1. The van der Waals surface area contributed by atoms with Gasteiger partial charge in [-0.25, -0.2) is 0 Å². The fraction of sp³-hybridized carbons (Fsp3) is 0.333. The zero-order valence-electron chi connectivity index (χ0n) is 10.3. The Kier molecular flexibility index (Phi) is 5.28. The van der Waals surface area contributed by atoms with Crippen LogP contribution in [0, 0.1) is 12.8 Å². The summed E-state index contributed by atoms with van der Waals surface area (Å²) in [6, 6.07) is 13.0. The first kappa shape index (κ1) is 14.1. The molecule has 0 aliphatic carbocycles. The Morgan fingerprint density at radius 3 is 2.67 bits per heavy atom. The maximum absolute atomic E-state index is 6.11. The molecule has 18 heavy (non-hydrogen) atoms. The van der Waals surface area contributed by atoms with Crippen molar-refractivity contribution < 1.29 is 0 Å². The van der Waals surface area contributed by atoms with E-state index in [2.05, 4.69) is 59.3 Å². The number of benzene rings is 1. The highest BCUT2D eigenvalue weighted by Crippen LogP contribution is 2.26. The lowest BCUT2D eigenvalue weighted by Crippen LogP contribution is -2.09. The van der Waals surface area contributed by atoms with Crippen molar-refractivity contribution in [2.24, 2.45) is 5.92 Å². The van der Waals surface area contributed by atoms with Gasteiger partial charge in [0.25, 0.3) is 0 Å². The highest BCUT2D eigenvalue weighted by Gasteiger charge is 2.11. The van der Waals surface area contributed by atoms with Crippen LogP contribution in [0.3, 0.4) is 0 Å². The molecule has 96 valence electrons. The molecular formula is C15H16BrClS. The first-order valence-electron chi connectivity index (χ1n) is 6.03. The summed E-state index contributed by atoms with van der Waals surface area (Å²) in [7, 11) is 0. The minimum Gasteiger partial charge on any atom is -0.133 e. The Balaban J connectivity index is 2.01. The fourth-order valence-corrected chi connectivity index (χ4v) is 3.92. The van der Waals surface area contributed by atoms with Crippen LogP contribution in [-0.2, 0) is 12.8 Å². The van der Waals surface area contributed by atoms with E-state index in [-0.39, 0.29) is 0 Å². The summed E-state index contributed by atoms with van der Waals surface area (Å²) in [5, 5.41) is 0. The summed E-state index contributed by atoms with van der Waals surface area (Å²) in [6.07, 6.45) is 2.12. The van der Waals surface area contributed by atoms with E-state index in [1.165, 1.54) is 19.8 Å². The van der Waals surface area contributed by atoms with Gasteiger partial charge in [-0.1, -0.05) is 29.8 Å². The molecule has 1 heterocycles. The summed E-state index contributed by atoms with van der Waals surface area (Å²) in [5.41, 5.74) is 2.70. The van der Waals surface area contributed by atoms with Gasteiger partial charge in [0.1, 0.15) is 0 Å². The van der Waals surface area contributed by atoms with Crippen molar-refractivity contribution in [1.29, 1.82) is 0 Å². The lowest BCUT2D eigenvalue weighted by atomic mass is 9.96. The first-order valence-corrected chi connectivity index (χ1v) is 8.17. The van der Waals surface area contributed by atoms with E-state index < -0.39 is 0 Å². The average molecular weight is 344 g/mol. The van der Waals surface area contributed by atoms with Gasteiger partial charge in [-0.2, -0.15) is 0 Å². The molecule has 0 saturated heterocycles. The Morgan fingerprint density at radius 1 is 1.22 bits per heavy atom. The Bertz CT molecular complexity index is 507. The molecule has 1 atom stereocenters. The molecule has 0 fully saturated rings. The molecule has 3 heteroatoms. The molecule has 1 unspecified atom stereocenters. The first-order chi connectivity index (χ1) is 8.67. The maximum Gasteiger partial charge on any atom is 0.0701 e. The minimum absolute atomic E-state index is 0.513. The van der Waals surface area contributed by atoms with Gasteiger partial charge in [0.15, 0.2) is 0 Å². The van der Waals surface area contributed by atoms with Crippen molar-refractivity contribution in [1.82, 2.24) is 0 Å². The Morgan fingerprint density at radius 2 is 2.06 bits per heavy atom. The van der Waals surface area contributed by atoms with E-state index in [0.29, 0.717) is 11.8 Å². The van der Waals surface area contributed by atoms with Gasteiger partial charge in [-0.05, 0) is 59.3 Å². The normalized spacial score (nSPS) is 12.6. The minimum atomic E-state index is 0.513. The van der Waals surface area contributed by atoms with Crippen LogP contribution < -0.4 is 0 Å². The lowest BCUT2D eigenvalue weighted by molar-refractivity contribution is 0.589. The summed E-state index contributed by atoms with van der Waals surface area (Å²) >= 11 is 11.4. The second-order valence-corrected chi connectivity index (χ2v) is 7.48. The molecular weight excluding hydrogens is 328 g/mol. The second-order valence-electron chi connectivity index (χ2n) is 4.62. The zero-order valence-corrected chi connectivity index (χ0v) is 13.5. The van der Waals surface area contributed by atoms with Crippen LogP contribution in [0.15, 0.2) is 40.2 Å². The van der Waals surface area contributed by atoms with Crippen molar-refractivity contribution in [3.63, 3.8) is 0 Å². The fourth-order valence-electron chi connectivity index (χ4n) is 2.10. The van der Waals surface area contributed by atoms with Gasteiger partial charge in [-0.15, -0.1) is 22.9 Å². The van der Waals surface area contributed by atoms with E-state index in [1.807, 2.05) is 0 Å². The molecule has 0 aliphatic heterocycles.